The van der Waals surface area contributed by atoms with Gasteiger partial charge in [-0.2, -0.15) is 0 Å². The minimum atomic E-state index is -0.976. The van der Waals surface area contributed by atoms with Gasteiger partial charge in [-0.05, 0) is 51.0 Å². The molecular weight excluding hydrogens is 388 g/mol. The molecule has 0 aromatic rings. The number of ether oxygens (including phenoxy) is 1. The Bertz CT molecular complexity index is 662. The number of hydrogen-bond donors (Lipinski definition) is 2. The molecule has 9 nitrogen and oxygen atoms in total. The highest BCUT2D eigenvalue weighted by Gasteiger charge is 2.55. The molecule has 9 heteroatoms. The molecule has 3 amide bonds. The molecule has 0 radical (unpaired) electrons. The molecule has 4 aliphatic rings. The summed E-state index contributed by atoms with van der Waals surface area (Å²) in [5.41, 5.74) is 5.48. The monoisotopic (exact) mass is 422 g/mol. The van der Waals surface area contributed by atoms with Gasteiger partial charge in [-0.25, -0.2) is 0 Å². The van der Waals surface area contributed by atoms with Crippen molar-refractivity contribution < 1.29 is 23.9 Å². The minimum absolute atomic E-state index is 0.0566. The van der Waals surface area contributed by atoms with Gasteiger partial charge in [0.05, 0.1) is 13.5 Å². The first-order valence-corrected chi connectivity index (χ1v) is 11.1. The van der Waals surface area contributed by atoms with Crippen LogP contribution in [0.25, 0.3) is 0 Å². The summed E-state index contributed by atoms with van der Waals surface area (Å²) in [6.07, 6.45) is 7.22. The molecule has 3 N–H and O–H groups in total. The number of esters is 1. The first kappa shape index (κ1) is 22.5. The van der Waals surface area contributed by atoms with Crippen molar-refractivity contribution in [2.75, 3.05) is 26.7 Å². The lowest BCUT2D eigenvalue weighted by Crippen LogP contribution is -2.72. The summed E-state index contributed by atoms with van der Waals surface area (Å²) in [5, 5.41) is 2.83. The van der Waals surface area contributed by atoms with Crippen LogP contribution in [-0.4, -0.2) is 78.4 Å². The van der Waals surface area contributed by atoms with Crippen LogP contribution in [0.1, 0.15) is 57.8 Å². The Morgan fingerprint density at radius 3 is 2.43 bits per heavy atom. The summed E-state index contributed by atoms with van der Waals surface area (Å²) in [4.78, 5) is 54.1. The fraction of sp³-hybridized carbons (Fsp3) is 0.810. The van der Waals surface area contributed by atoms with E-state index in [2.05, 4.69) is 5.32 Å². The second-order valence-electron chi connectivity index (χ2n) is 8.57. The smallest absolute Gasteiger partial charge is 0.308 e. The third kappa shape index (κ3) is 4.77. The number of nitrogens with one attached hydrogen (secondary N) is 1. The Morgan fingerprint density at radius 1 is 1.07 bits per heavy atom. The highest BCUT2D eigenvalue weighted by molar-refractivity contribution is 6.01. The van der Waals surface area contributed by atoms with E-state index in [1.165, 1.54) is 12.0 Å². The fourth-order valence-corrected chi connectivity index (χ4v) is 5.10. The van der Waals surface area contributed by atoms with Gasteiger partial charge in [-0.15, -0.1) is 0 Å². The van der Waals surface area contributed by atoms with Crippen LogP contribution in [-0.2, 0) is 23.9 Å². The zero-order valence-electron chi connectivity index (χ0n) is 17.8. The molecule has 30 heavy (non-hydrogen) atoms. The molecule has 168 valence electrons. The average molecular weight is 423 g/mol. The van der Waals surface area contributed by atoms with Crippen LogP contribution in [0.15, 0.2) is 0 Å². The SMILES string of the molecule is COC(=O)C[C@H]1C(=O)N2C3CCC(CC3)[C@H]2C(=O)N1CC(=O)NCCCCCCN. The van der Waals surface area contributed by atoms with Gasteiger partial charge < -0.3 is 25.6 Å². The van der Waals surface area contributed by atoms with Crippen molar-refractivity contribution in [1.82, 2.24) is 15.1 Å². The maximum absolute atomic E-state index is 13.3. The molecule has 0 aromatic carbocycles. The van der Waals surface area contributed by atoms with Crippen LogP contribution in [0.5, 0.6) is 0 Å². The van der Waals surface area contributed by atoms with E-state index in [1.807, 2.05) is 0 Å². The van der Waals surface area contributed by atoms with Crippen LogP contribution in [0.2, 0.25) is 0 Å². The summed E-state index contributed by atoms with van der Waals surface area (Å²) in [5.74, 6) is -1.17. The number of amides is 3. The number of unbranched alkanes of at least 4 members (excludes halogenated alkanes) is 3. The lowest BCUT2D eigenvalue weighted by atomic mass is 9.72. The van der Waals surface area contributed by atoms with Crippen LogP contribution >= 0.6 is 0 Å². The number of hydrogen-bond acceptors (Lipinski definition) is 6. The molecule has 1 saturated carbocycles. The standard InChI is InChI=1S/C21H34N4O5/c1-30-18(27)12-16-20(28)25-15-8-6-14(7-9-15)19(25)21(29)24(16)13-17(26)23-11-5-3-2-4-10-22/h14-16,19H,2-13,22H2,1H3,(H,23,26)/t14?,15?,16-,19-/m0/s1. The van der Waals surface area contributed by atoms with Crippen molar-refractivity contribution in [2.45, 2.75) is 75.9 Å². The Hall–Kier alpha value is -2.16. The van der Waals surface area contributed by atoms with Crippen molar-refractivity contribution in [3.8, 4) is 0 Å². The van der Waals surface area contributed by atoms with Crippen LogP contribution < -0.4 is 11.1 Å². The van der Waals surface area contributed by atoms with Gasteiger partial charge in [0.1, 0.15) is 18.6 Å². The van der Waals surface area contributed by atoms with Crippen molar-refractivity contribution in [2.24, 2.45) is 11.7 Å². The zero-order valence-corrected chi connectivity index (χ0v) is 17.8. The molecule has 2 atom stereocenters. The highest BCUT2D eigenvalue weighted by Crippen LogP contribution is 2.43. The van der Waals surface area contributed by atoms with Gasteiger partial charge in [0.2, 0.25) is 17.7 Å². The summed E-state index contributed by atoms with van der Waals surface area (Å²) in [6, 6.07) is -1.42. The summed E-state index contributed by atoms with van der Waals surface area (Å²) in [6.45, 7) is 0.969. The number of nitrogens with zero attached hydrogens (tertiary/aromatic N) is 2. The van der Waals surface area contributed by atoms with Gasteiger partial charge in [0, 0.05) is 12.6 Å². The number of carbonyl (C=O) groups excluding carboxylic acids is 4. The second kappa shape index (κ2) is 10.2. The number of nitrogens with two attached hydrogens (primary N) is 1. The maximum Gasteiger partial charge on any atom is 0.308 e. The molecule has 0 unspecified atom stereocenters. The molecule has 3 heterocycles. The topological polar surface area (TPSA) is 122 Å². The van der Waals surface area contributed by atoms with E-state index in [0.717, 1.165) is 51.4 Å². The lowest BCUT2D eigenvalue weighted by molar-refractivity contribution is -0.178. The Kier molecular flexibility index (Phi) is 7.69. The first-order chi connectivity index (χ1) is 14.5. The van der Waals surface area contributed by atoms with Gasteiger partial charge in [-0.3, -0.25) is 19.2 Å². The molecule has 1 aliphatic carbocycles. The molecule has 4 rings (SSSR count). The van der Waals surface area contributed by atoms with E-state index >= 15 is 0 Å². The quantitative estimate of drug-likeness (QED) is 0.382. The average Bonchev–Trinajstić information content (AvgIpc) is 2.76. The van der Waals surface area contributed by atoms with Gasteiger partial charge in [0.15, 0.2) is 0 Å². The molecule has 2 bridgehead atoms. The molecule has 0 aromatic heterocycles. The van der Waals surface area contributed by atoms with Crippen LogP contribution in [0.3, 0.4) is 0 Å². The Labute approximate surface area is 177 Å². The molecule has 3 saturated heterocycles. The second-order valence-corrected chi connectivity index (χ2v) is 8.57. The molecular formula is C21H34N4O5. The van der Waals surface area contributed by atoms with Gasteiger partial charge in [-0.1, -0.05) is 12.8 Å². The number of methoxy groups -OCH3 is 1. The number of piperidine rings is 2. The van der Waals surface area contributed by atoms with Crippen molar-refractivity contribution in [1.29, 1.82) is 0 Å². The summed E-state index contributed by atoms with van der Waals surface area (Å²) < 4.78 is 4.74. The van der Waals surface area contributed by atoms with Crippen LogP contribution in [0, 0.1) is 5.92 Å². The molecule has 3 aliphatic heterocycles. The van der Waals surface area contributed by atoms with Crippen LogP contribution in [0.4, 0.5) is 0 Å². The lowest BCUT2D eigenvalue weighted by Gasteiger charge is -2.56. The first-order valence-electron chi connectivity index (χ1n) is 11.1. The molecule has 4 fully saturated rings. The number of fused-ring (bicyclic) bond motifs is 2. The van der Waals surface area contributed by atoms with E-state index in [-0.39, 0.29) is 42.6 Å². The van der Waals surface area contributed by atoms with E-state index in [4.69, 9.17) is 10.5 Å². The van der Waals surface area contributed by atoms with E-state index in [0.29, 0.717) is 13.1 Å². The number of carbonyl (C=O) groups is 4. The maximum atomic E-state index is 13.3. The van der Waals surface area contributed by atoms with E-state index in [1.54, 1.807) is 4.90 Å². The number of piperazine rings is 1. The fourth-order valence-electron chi connectivity index (χ4n) is 5.10. The van der Waals surface area contributed by atoms with Crippen molar-refractivity contribution in [3.63, 3.8) is 0 Å². The largest absolute Gasteiger partial charge is 0.469 e. The third-order valence-corrected chi connectivity index (χ3v) is 6.69. The predicted molar refractivity (Wildman–Crippen MR) is 109 cm³/mol. The summed E-state index contributed by atoms with van der Waals surface area (Å²) >= 11 is 0. The molecule has 0 spiro atoms. The number of rotatable bonds is 10. The Morgan fingerprint density at radius 2 is 1.77 bits per heavy atom. The van der Waals surface area contributed by atoms with E-state index < -0.39 is 18.1 Å². The van der Waals surface area contributed by atoms with Gasteiger partial charge >= 0.3 is 5.97 Å². The van der Waals surface area contributed by atoms with Crippen molar-refractivity contribution >= 4 is 23.7 Å². The summed E-state index contributed by atoms with van der Waals surface area (Å²) in [7, 11) is 1.25. The third-order valence-electron chi connectivity index (χ3n) is 6.69. The zero-order chi connectivity index (χ0) is 21.7. The Balaban J connectivity index is 1.66. The minimum Gasteiger partial charge on any atom is -0.469 e. The highest BCUT2D eigenvalue weighted by atomic mass is 16.5. The van der Waals surface area contributed by atoms with E-state index in [9.17, 15) is 19.2 Å². The van der Waals surface area contributed by atoms with Crippen molar-refractivity contribution in [3.05, 3.63) is 0 Å². The normalized spacial score (nSPS) is 27.8. The van der Waals surface area contributed by atoms with Gasteiger partial charge in [0.25, 0.3) is 0 Å². The predicted octanol–water partition coefficient (Wildman–Crippen LogP) is 0.165.